The number of primary amides is 1. The molecular formula is C13H19N3O. The number of nitrogens with two attached hydrogens (primary N) is 1. The summed E-state index contributed by atoms with van der Waals surface area (Å²) in [5.74, 6) is -0.240. The number of piperidine rings is 1. The van der Waals surface area contributed by atoms with E-state index in [4.69, 9.17) is 5.73 Å². The van der Waals surface area contributed by atoms with Crippen molar-refractivity contribution in [1.29, 1.82) is 0 Å². The Morgan fingerprint density at radius 2 is 1.94 bits per heavy atom. The molecule has 1 aliphatic rings. The van der Waals surface area contributed by atoms with Crippen molar-refractivity contribution in [2.45, 2.75) is 24.8 Å². The zero-order chi connectivity index (χ0) is 12.1. The summed E-state index contributed by atoms with van der Waals surface area (Å²) in [5.41, 5.74) is 6.23. The summed E-state index contributed by atoms with van der Waals surface area (Å²) in [6.45, 7) is 1.85. The third-order valence-corrected chi connectivity index (χ3v) is 3.26. The van der Waals surface area contributed by atoms with Crippen LogP contribution in [0.1, 0.15) is 19.3 Å². The lowest BCUT2D eigenvalue weighted by Crippen LogP contribution is -2.49. The molecule has 4 heteroatoms. The molecule has 1 fully saturated rings. The van der Waals surface area contributed by atoms with Gasteiger partial charge >= 0.3 is 0 Å². The number of carbonyl (C=O) groups is 1. The third kappa shape index (κ3) is 3.20. The van der Waals surface area contributed by atoms with Crippen molar-refractivity contribution in [3.63, 3.8) is 0 Å². The van der Waals surface area contributed by atoms with Gasteiger partial charge in [-0.3, -0.25) is 4.79 Å². The van der Waals surface area contributed by atoms with E-state index in [-0.39, 0.29) is 11.4 Å². The molecule has 4 N–H and O–H groups in total. The van der Waals surface area contributed by atoms with Gasteiger partial charge in [0.25, 0.3) is 0 Å². The van der Waals surface area contributed by atoms with E-state index in [2.05, 4.69) is 10.6 Å². The van der Waals surface area contributed by atoms with Gasteiger partial charge in [-0.1, -0.05) is 18.2 Å². The standard InChI is InChI=1S/C13H19N3O/c14-12(17)10-13(6-8-15-9-7-13)16-11-4-2-1-3-5-11/h1-5,15-16H,6-10H2,(H2,14,17). The van der Waals surface area contributed by atoms with E-state index in [1.807, 2.05) is 30.3 Å². The van der Waals surface area contributed by atoms with Crippen LogP contribution in [-0.4, -0.2) is 24.5 Å². The van der Waals surface area contributed by atoms with Crippen molar-refractivity contribution in [1.82, 2.24) is 5.32 Å². The van der Waals surface area contributed by atoms with Crippen molar-refractivity contribution in [2.75, 3.05) is 18.4 Å². The van der Waals surface area contributed by atoms with Crippen molar-refractivity contribution in [3.05, 3.63) is 30.3 Å². The lowest BCUT2D eigenvalue weighted by atomic mass is 9.84. The van der Waals surface area contributed by atoms with Gasteiger partial charge in [0.2, 0.25) is 5.91 Å². The van der Waals surface area contributed by atoms with Crippen LogP contribution in [0.25, 0.3) is 0 Å². The maximum atomic E-state index is 11.2. The van der Waals surface area contributed by atoms with Gasteiger partial charge in [0.05, 0.1) is 0 Å². The summed E-state index contributed by atoms with van der Waals surface area (Å²) in [6.07, 6.45) is 2.24. The van der Waals surface area contributed by atoms with Crippen molar-refractivity contribution < 1.29 is 4.79 Å². The maximum absolute atomic E-state index is 11.2. The largest absolute Gasteiger partial charge is 0.379 e. The Kier molecular flexibility index (Phi) is 3.64. The average molecular weight is 233 g/mol. The predicted octanol–water partition coefficient (Wildman–Crippen LogP) is 1.10. The number of amides is 1. The van der Waals surface area contributed by atoms with E-state index in [1.54, 1.807) is 0 Å². The van der Waals surface area contributed by atoms with Crippen LogP contribution in [0.3, 0.4) is 0 Å². The Hall–Kier alpha value is -1.55. The second-order valence-electron chi connectivity index (χ2n) is 4.66. The molecule has 0 aromatic heterocycles. The normalized spacial score (nSPS) is 18.6. The van der Waals surface area contributed by atoms with Gasteiger partial charge in [-0.15, -0.1) is 0 Å². The van der Waals surface area contributed by atoms with E-state index < -0.39 is 0 Å². The zero-order valence-corrected chi connectivity index (χ0v) is 9.91. The number of nitrogens with one attached hydrogen (secondary N) is 2. The monoisotopic (exact) mass is 233 g/mol. The van der Waals surface area contributed by atoms with E-state index >= 15 is 0 Å². The van der Waals surface area contributed by atoms with Gasteiger partial charge < -0.3 is 16.4 Å². The van der Waals surface area contributed by atoms with Gasteiger partial charge in [-0.05, 0) is 38.1 Å². The molecule has 1 aromatic rings. The average Bonchev–Trinajstić information content (AvgIpc) is 2.30. The maximum Gasteiger partial charge on any atom is 0.219 e. The van der Waals surface area contributed by atoms with Crippen molar-refractivity contribution >= 4 is 11.6 Å². The van der Waals surface area contributed by atoms with Crippen LogP contribution in [0.2, 0.25) is 0 Å². The molecule has 0 saturated carbocycles. The van der Waals surface area contributed by atoms with Crippen molar-refractivity contribution in [3.8, 4) is 0 Å². The first-order valence-corrected chi connectivity index (χ1v) is 6.02. The SMILES string of the molecule is NC(=O)CC1(Nc2ccccc2)CCNCC1. The molecule has 0 radical (unpaired) electrons. The highest BCUT2D eigenvalue weighted by atomic mass is 16.1. The summed E-state index contributed by atoms with van der Waals surface area (Å²) < 4.78 is 0. The summed E-state index contributed by atoms with van der Waals surface area (Å²) in [5, 5.41) is 6.79. The van der Waals surface area contributed by atoms with Gasteiger partial charge in [-0.2, -0.15) is 0 Å². The number of hydrogen-bond acceptors (Lipinski definition) is 3. The Morgan fingerprint density at radius 3 is 2.53 bits per heavy atom. The molecule has 92 valence electrons. The molecule has 1 aromatic carbocycles. The predicted molar refractivity (Wildman–Crippen MR) is 68.7 cm³/mol. The molecule has 0 atom stereocenters. The van der Waals surface area contributed by atoms with E-state index in [0.29, 0.717) is 6.42 Å². The van der Waals surface area contributed by atoms with Gasteiger partial charge in [0.15, 0.2) is 0 Å². The minimum Gasteiger partial charge on any atom is -0.379 e. The first-order chi connectivity index (χ1) is 8.20. The van der Waals surface area contributed by atoms with Crippen LogP contribution in [-0.2, 0) is 4.79 Å². The molecule has 0 unspecified atom stereocenters. The minimum atomic E-state index is -0.240. The molecular weight excluding hydrogens is 214 g/mol. The lowest BCUT2D eigenvalue weighted by Gasteiger charge is -2.38. The quantitative estimate of drug-likeness (QED) is 0.729. The van der Waals surface area contributed by atoms with Gasteiger partial charge in [0.1, 0.15) is 0 Å². The summed E-state index contributed by atoms with van der Waals surface area (Å²) in [6, 6.07) is 9.99. The smallest absolute Gasteiger partial charge is 0.219 e. The number of hydrogen-bond donors (Lipinski definition) is 3. The number of para-hydroxylation sites is 1. The number of rotatable bonds is 4. The topological polar surface area (TPSA) is 67.2 Å². The first kappa shape index (κ1) is 11.9. The molecule has 1 saturated heterocycles. The van der Waals surface area contributed by atoms with Crippen LogP contribution in [0.4, 0.5) is 5.69 Å². The summed E-state index contributed by atoms with van der Waals surface area (Å²) >= 11 is 0. The fourth-order valence-electron chi connectivity index (χ4n) is 2.41. The Morgan fingerprint density at radius 1 is 1.29 bits per heavy atom. The molecule has 1 heterocycles. The van der Waals surface area contributed by atoms with Gasteiger partial charge in [0, 0.05) is 17.6 Å². The van der Waals surface area contributed by atoms with Crippen LogP contribution in [0.15, 0.2) is 30.3 Å². The van der Waals surface area contributed by atoms with E-state index in [1.165, 1.54) is 0 Å². The minimum absolute atomic E-state index is 0.182. The molecule has 17 heavy (non-hydrogen) atoms. The fraction of sp³-hybridized carbons (Fsp3) is 0.462. The molecule has 0 aliphatic carbocycles. The second kappa shape index (κ2) is 5.19. The van der Waals surface area contributed by atoms with E-state index in [0.717, 1.165) is 31.6 Å². The number of anilines is 1. The Balaban J connectivity index is 2.12. The van der Waals surface area contributed by atoms with Crippen LogP contribution in [0.5, 0.6) is 0 Å². The highest BCUT2D eigenvalue weighted by Crippen LogP contribution is 2.27. The number of carbonyl (C=O) groups excluding carboxylic acids is 1. The van der Waals surface area contributed by atoms with E-state index in [9.17, 15) is 4.79 Å². The summed E-state index contributed by atoms with van der Waals surface area (Å²) in [4.78, 5) is 11.2. The molecule has 0 bridgehead atoms. The van der Waals surface area contributed by atoms with Gasteiger partial charge in [-0.25, -0.2) is 0 Å². The first-order valence-electron chi connectivity index (χ1n) is 6.02. The summed E-state index contributed by atoms with van der Waals surface area (Å²) in [7, 11) is 0. The molecule has 2 rings (SSSR count). The highest BCUT2D eigenvalue weighted by Gasteiger charge is 2.33. The van der Waals surface area contributed by atoms with Crippen LogP contribution >= 0.6 is 0 Å². The van der Waals surface area contributed by atoms with Crippen molar-refractivity contribution in [2.24, 2.45) is 5.73 Å². The number of benzene rings is 1. The third-order valence-electron chi connectivity index (χ3n) is 3.26. The Bertz CT molecular complexity index is 372. The molecule has 0 spiro atoms. The Labute approximate surface area is 102 Å². The fourth-order valence-corrected chi connectivity index (χ4v) is 2.41. The molecule has 1 amide bonds. The molecule has 1 aliphatic heterocycles. The molecule has 4 nitrogen and oxygen atoms in total. The van der Waals surface area contributed by atoms with Crippen LogP contribution in [0, 0.1) is 0 Å². The zero-order valence-electron chi connectivity index (χ0n) is 9.91. The lowest BCUT2D eigenvalue weighted by molar-refractivity contribution is -0.119. The highest BCUT2D eigenvalue weighted by molar-refractivity contribution is 5.76. The second-order valence-corrected chi connectivity index (χ2v) is 4.66. The van der Waals surface area contributed by atoms with Crippen LogP contribution < -0.4 is 16.4 Å².